The average molecular weight is 299 g/mol. The summed E-state index contributed by atoms with van der Waals surface area (Å²) in [4.78, 5) is 2.32. The summed E-state index contributed by atoms with van der Waals surface area (Å²) in [5.41, 5.74) is 6.94. The predicted molar refractivity (Wildman–Crippen MR) is 82.4 cm³/mol. The molecule has 1 aromatic rings. The number of nitrogens with two attached hydrogens (primary N) is 1. The second-order valence-electron chi connectivity index (χ2n) is 6.61. The van der Waals surface area contributed by atoms with Gasteiger partial charge in [0, 0.05) is 17.1 Å². The van der Waals surface area contributed by atoms with Gasteiger partial charge in [-0.25, -0.2) is 4.39 Å². The van der Waals surface area contributed by atoms with Crippen molar-refractivity contribution in [3.63, 3.8) is 0 Å². The summed E-state index contributed by atoms with van der Waals surface area (Å²) in [7, 11) is 0. The molecule has 0 saturated carbocycles. The molecule has 1 aliphatic heterocycles. The van der Waals surface area contributed by atoms with E-state index < -0.39 is 0 Å². The van der Waals surface area contributed by atoms with Crippen LogP contribution in [0.3, 0.4) is 0 Å². The Labute approximate surface area is 126 Å². The fourth-order valence-corrected chi connectivity index (χ4v) is 3.27. The highest BCUT2D eigenvalue weighted by molar-refractivity contribution is 6.30. The zero-order valence-corrected chi connectivity index (χ0v) is 13.3. The molecular weight excluding hydrogens is 275 g/mol. The van der Waals surface area contributed by atoms with E-state index in [4.69, 9.17) is 17.3 Å². The molecule has 4 heteroatoms. The lowest BCUT2D eigenvalue weighted by molar-refractivity contribution is 0.0736. The summed E-state index contributed by atoms with van der Waals surface area (Å²) in [5, 5.41) is 0.174. The zero-order valence-electron chi connectivity index (χ0n) is 12.5. The van der Waals surface area contributed by atoms with E-state index in [0.29, 0.717) is 5.56 Å². The second kappa shape index (κ2) is 6.00. The fraction of sp³-hybridized carbons (Fsp3) is 0.625. The van der Waals surface area contributed by atoms with Gasteiger partial charge in [-0.3, -0.25) is 4.90 Å². The van der Waals surface area contributed by atoms with E-state index in [2.05, 4.69) is 25.7 Å². The molecule has 0 spiro atoms. The minimum absolute atomic E-state index is 0.0542. The quantitative estimate of drug-likeness (QED) is 0.844. The molecule has 2 unspecified atom stereocenters. The Kier molecular flexibility index (Phi) is 4.73. The molecule has 0 radical (unpaired) electrons. The van der Waals surface area contributed by atoms with Crippen LogP contribution in [-0.4, -0.2) is 23.0 Å². The number of benzene rings is 1. The Balaban J connectivity index is 2.48. The van der Waals surface area contributed by atoms with Gasteiger partial charge in [0.2, 0.25) is 0 Å². The fourth-order valence-electron chi connectivity index (χ4n) is 3.09. The highest BCUT2D eigenvalue weighted by atomic mass is 35.5. The summed E-state index contributed by atoms with van der Waals surface area (Å²) in [5.74, 6) is -0.328. The molecule has 0 amide bonds. The van der Waals surface area contributed by atoms with Gasteiger partial charge in [-0.15, -0.1) is 0 Å². The van der Waals surface area contributed by atoms with Gasteiger partial charge in [0.15, 0.2) is 0 Å². The van der Waals surface area contributed by atoms with E-state index in [1.165, 1.54) is 0 Å². The van der Waals surface area contributed by atoms with Crippen molar-refractivity contribution in [2.75, 3.05) is 6.54 Å². The van der Waals surface area contributed by atoms with Crippen molar-refractivity contribution in [3.8, 4) is 0 Å². The van der Waals surface area contributed by atoms with Gasteiger partial charge in [0.05, 0.1) is 11.1 Å². The second-order valence-corrected chi connectivity index (χ2v) is 7.02. The van der Waals surface area contributed by atoms with Crippen molar-refractivity contribution in [2.24, 2.45) is 5.73 Å². The van der Waals surface area contributed by atoms with E-state index in [0.717, 1.165) is 25.8 Å². The lowest BCUT2D eigenvalue weighted by Crippen LogP contribution is -2.49. The van der Waals surface area contributed by atoms with Crippen LogP contribution in [-0.2, 0) is 0 Å². The van der Waals surface area contributed by atoms with Gasteiger partial charge < -0.3 is 5.73 Å². The van der Waals surface area contributed by atoms with E-state index in [-0.39, 0.29) is 28.5 Å². The minimum Gasteiger partial charge on any atom is -0.326 e. The minimum atomic E-state index is -0.328. The average Bonchev–Trinajstić information content (AvgIpc) is 2.54. The molecule has 2 atom stereocenters. The first kappa shape index (κ1) is 15.7. The van der Waals surface area contributed by atoms with Gasteiger partial charge in [-0.05, 0) is 46.2 Å². The smallest absolute Gasteiger partial charge is 0.146 e. The van der Waals surface area contributed by atoms with Crippen LogP contribution in [0.5, 0.6) is 0 Å². The Bertz CT molecular complexity index is 470. The first-order chi connectivity index (χ1) is 9.32. The van der Waals surface area contributed by atoms with Crippen molar-refractivity contribution in [3.05, 3.63) is 34.6 Å². The molecule has 2 nitrogen and oxygen atoms in total. The molecule has 112 valence electrons. The van der Waals surface area contributed by atoms with E-state index >= 15 is 0 Å². The van der Waals surface area contributed by atoms with Crippen molar-refractivity contribution in [1.29, 1.82) is 0 Å². The summed E-state index contributed by atoms with van der Waals surface area (Å²) in [6.45, 7) is 7.40. The Hall–Kier alpha value is -0.640. The normalized spacial score (nSPS) is 25.5. The van der Waals surface area contributed by atoms with Crippen LogP contribution in [0.1, 0.15) is 51.6 Å². The third kappa shape index (κ3) is 3.16. The molecular formula is C16H24ClFN2. The Morgan fingerprint density at radius 3 is 2.65 bits per heavy atom. The largest absolute Gasteiger partial charge is 0.326 e. The summed E-state index contributed by atoms with van der Waals surface area (Å²) < 4.78 is 14.4. The van der Waals surface area contributed by atoms with Crippen LogP contribution in [0, 0.1) is 5.82 Å². The number of halogens is 2. The Morgan fingerprint density at radius 2 is 2.00 bits per heavy atom. The van der Waals surface area contributed by atoms with E-state index in [1.807, 2.05) is 6.07 Å². The number of hydrogen-bond acceptors (Lipinski definition) is 2. The molecule has 1 heterocycles. The molecule has 1 saturated heterocycles. The molecule has 0 bridgehead atoms. The van der Waals surface area contributed by atoms with Crippen LogP contribution in [0.15, 0.2) is 18.2 Å². The third-order valence-electron chi connectivity index (χ3n) is 4.09. The monoisotopic (exact) mass is 298 g/mol. The molecule has 20 heavy (non-hydrogen) atoms. The zero-order chi connectivity index (χ0) is 14.9. The first-order valence-electron chi connectivity index (χ1n) is 7.28. The number of likely N-dealkylation sites (tertiary alicyclic amines) is 1. The van der Waals surface area contributed by atoms with Gasteiger partial charge >= 0.3 is 0 Å². The van der Waals surface area contributed by atoms with E-state index in [1.54, 1.807) is 12.1 Å². The lowest BCUT2D eigenvalue weighted by atomic mass is 9.92. The molecule has 2 rings (SSSR count). The number of nitrogens with zero attached hydrogens (tertiary/aromatic N) is 1. The predicted octanol–water partition coefficient (Wildman–Crippen LogP) is 4.13. The molecule has 0 aromatic heterocycles. The molecule has 1 fully saturated rings. The van der Waals surface area contributed by atoms with Crippen LogP contribution < -0.4 is 5.73 Å². The lowest BCUT2D eigenvalue weighted by Gasteiger charge is -2.43. The summed E-state index contributed by atoms with van der Waals surface area (Å²) in [6.07, 6.45) is 3.11. The molecule has 0 aliphatic carbocycles. The van der Waals surface area contributed by atoms with Crippen LogP contribution in [0.4, 0.5) is 4.39 Å². The van der Waals surface area contributed by atoms with Crippen LogP contribution in [0.25, 0.3) is 0 Å². The standard InChI is InChI=1S/C16H24ClFN2/c1-16(2,3)20-10-5-4-9-13(19)15(20)11-7-6-8-12(17)14(11)18/h6-8,13,15H,4-5,9-10,19H2,1-3H3. The van der Waals surface area contributed by atoms with Crippen molar-refractivity contribution >= 4 is 11.6 Å². The van der Waals surface area contributed by atoms with Crippen molar-refractivity contribution in [1.82, 2.24) is 4.90 Å². The highest BCUT2D eigenvalue weighted by Crippen LogP contribution is 2.37. The van der Waals surface area contributed by atoms with Gasteiger partial charge in [-0.2, -0.15) is 0 Å². The molecule has 1 aliphatic rings. The summed E-state index contributed by atoms with van der Waals surface area (Å²) >= 11 is 5.95. The SMILES string of the molecule is CC(C)(C)N1CCCCC(N)C1c1cccc(Cl)c1F. The van der Waals surface area contributed by atoms with Crippen molar-refractivity contribution < 1.29 is 4.39 Å². The molecule has 1 aromatic carbocycles. The van der Waals surface area contributed by atoms with E-state index in [9.17, 15) is 4.39 Å². The number of hydrogen-bond donors (Lipinski definition) is 1. The topological polar surface area (TPSA) is 29.3 Å². The first-order valence-corrected chi connectivity index (χ1v) is 7.66. The van der Waals surface area contributed by atoms with Gasteiger partial charge in [0.1, 0.15) is 5.82 Å². The Morgan fingerprint density at radius 1 is 1.30 bits per heavy atom. The number of rotatable bonds is 1. The van der Waals surface area contributed by atoms with Crippen molar-refractivity contribution in [2.45, 2.75) is 57.7 Å². The summed E-state index contributed by atoms with van der Waals surface area (Å²) in [6, 6.07) is 5.03. The maximum absolute atomic E-state index is 14.4. The third-order valence-corrected chi connectivity index (χ3v) is 4.38. The maximum Gasteiger partial charge on any atom is 0.146 e. The van der Waals surface area contributed by atoms with Gasteiger partial charge in [-0.1, -0.05) is 30.2 Å². The van der Waals surface area contributed by atoms with Crippen LogP contribution in [0.2, 0.25) is 5.02 Å². The van der Waals surface area contributed by atoms with Crippen LogP contribution >= 0.6 is 11.6 Å². The maximum atomic E-state index is 14.4. The molecule has 2 N–H and O–H groups in total. The highest BCUT2D eigenvalue weighted by Gasteiger charge is 2.36. The van der Waals surface area contributed by atoms with Gasteiger partial charge in [0.25, 0.3) is 0 Å².